The SMILES string of the molecule is Cc1ccc(C)c(Cc2ccc(-c3ccnc(F)c3)s2)c1. The minimum atomic E-state index is -0.433. The Morgan fingerprint density at radius 2 is 1.90 bits per heavy atom. The van der Waals surface area contributed by atoms with E-state index >= 15 is 0 Å². The Hall–Kier alpha value is -2.00. The van der Waals surface area contributed by atoms with Crippen LogP contribution in [0.1, 0.15) is 21.6 Å². The lowest BCUT2D eigenvalue weighted by Gasteiger charge is -2.05. The molecule has 0 bridgehead atoms. The maximum absolute atomic E-state index is 13.2. The number of halogens is 1. The van der Waals surface area contributed by atoms with E-state index < -0.39 is 5.95 Å². The van der Waals surface area contributed by atoms with E-state index in [0.29, 0.717) is 0 Å². The fraction of sp³-hybridized carbons (Fsp3) is 0.167. The van der Waals surface area contributed by atoms with E-state index in [4.69, 9.17) is 0 Å². The molecule has 2 aromatic heterocycles. The van der Waals surface area contributed by atoms with Crippen LogP contribution in [0.2, 0.25) is 0 Å². The Morgan fingerprint density at radius 1 is 1.05 bits per heavy atom. The first-order valence-electron chi connectivity index (χ1n) is 6.88. The number of aryl methyl sites for hydroxylation is 2. The van der Waals surface area contributed by atoms with Crippen molar-refractivity contribution >= 4 is 11.3 Å². The Morgan fingerprint density at radius 3 is 2.71 bits per heavy atom. The zero-order valence-electron chi connectivity index (χ0n) is 12.1. The fourth-order valence-corrected chi connectivity index (χ4v) is 3.39. The molecule has 0 spiro atoms. The molecule has 0 aliphatic carbocycles. The first kappa shape index (κ1) is 14.0. The Labute approximate surface area is 128 Å². The van der Waals surface area contributed by atoms with Gasteiger partial charge in [0, 0.05) is 28.4 Å². The van der Waals surface area contributed by atoms with Gasteiger partial charge in [0.2, 0.25) is 5.95 Å². The van der Waals surface area contributed by atoms with Gasteiger partial charge in [-0.3, -0.25) is 0 Å². The van der Waals surface area contributed by atoms with Gasteiger partial charge in [-0.2, -0.15) is 4.39 Å². The molecule has 0 amide bonds. The zero-order chi connectivity index (χ0) is 14.8. The second kappa shape index (κ2) is 5.78. The number of rotatable bonds is 3. The molecule has 0 fully saturated rings. The summed E-state index contributed by atoms with van der Waals surface area (Å²) in [5, 5.41) is 0. The summed E-state index contributed by atoms with van der Waals surface area (Å²) in [7, 11) is 0. The van der Waals surface area contributed by atoms with Crippen LogP contribution < -0.4 is 0 Å². The summed E-state index contributed by atoms with van der Waals surface area (Å²) in [6.07, 6.45) is 2.43. The number of benzene rings is 1. The predicted molar refractivity (Wildman–Crippen MR) is 86.2 cm³/mol. The molecule has 0 saturated carbocycles. The van der Waals surface area contributed by atoms with Gasteiger partial charge in [-0.25, -0.2) is 4.98 Å². The lowest BCUT2D eigenvalue weighted by atomic mass is 10.0. The summed E-state index contributed by atoms with van der Waals surface area (Å²) >= 11 is 1.71. The number of pyridine rings is 1. The highest BCUT2D eigenvalue weighted by molar-refractivity contribution is 7.15. The third-order valence-corrected chi connectivity index (χ3v) is 4.68. The molecule has 0 N–H and O–H groups in total. The van der Waals surface area contributed by atoms with Crippen molar-refractivity contribution in [3.05, 3.63) is 76.2 Å². The highest BCUT2D eigenvalue weighted by Gasteiger charge is 2.07. The van der Waals surface area contributed by atoms with E-state index in [-0.39, 0.29) is 0 Å². The quantitative estimate of drug-likeness (QED) is 0.609. The van der Waals surface area contributed by atoms with Crippen LogP contribution in [-0.2, 0) is 6.42 Å². The molecule has 0 radical (unpaired) electrons. The Balaban J connectivity index is 1.87. The fourth-order valence-electron chi connectivity index (χ4n) is 2.36. The van der Waals surface area contributed by atoms with Crippen LogP contribution in [0.15, 0.2) is 48.7 Å². The van der Waals surface area contributed by atoms with E-state index in [1.165, 1.54) is 33.8 Å². The van der Waals surface area contributed by atoms with Gasteiger partial charge in [-0.05, 0) is 48.7 Å². The second-order valence-corrected chi connectivity index (χ2v) is 6.41. The van der Waals surface area contributed by atoms with Crippen molar-refractivity contribution in [3.8, 4) is 10.4 Å². The minimum Gasteiger partial charge on any atom is -0.228 e. The average molecular weight is 297 g/mol. The van der Waals surface area contributed by atoms with Crippen molar-refractivity contribution in [1.82, 2.24) is 4.98 Å². The van der Waals surface area contributed by atoms with E-state index in [0.717, 1.165) is 16.9 Å². The highest BCUT2D eigenvalue weighted by atomic mass is 32.1. The van der Waals surface area contributed by atoms with Crippen LogP contribution >= 0.6 is 11.3 Å². The lowest BCUT2D eigenvalue weighted by molar-refractivity contribution is 0.584. The van der Waals surface area contributed by atoms with Crippen molar-refractivity contribution in [3.63, 3.8) is 0 Å². The molecule has 3 aromatic rings. The third kappa shape index (κ3) is 3.19. The molecule has 0 aliphatic rings. The van der Waals surface area contributed by atoms with E-state index in [1.54, 1.807) is 11.3 Å². The maximum Gasteiger partial charge on any atom is 0.213 e. The monoisotopic (exact) mass is 297 g/mol. The minimum absolute atomic E-state index is 0.433. The van der Waals surface area contributed by atoms with Crippen molar-refractivity contribution < 1.29 is 4.39 Å². The van der Waals surface area contributed by atoms with Crippen molar-refractivity contribution in [2.45, 2.75) is 20.3 Å². The lowest BCUT2D eigenvalue weighted by Crippen LogP contribution is -1.90. The molecule has 0 unspecified atom stereocenters. The number of thiophene rings is 1. The van der Waals surface area contributed by atoms with Crippen LogP contribution in [0, 0.1) is 19.8 Å². The van der Waals surface area contributed by atoms with E-state index in [1.807, 2.05) is 6.07 Å². The Kier molecular flexibility index (Phi) is 3.84. The largest absolute Gasteiger partial charge is 0.228 e. The summed E-state index contributed by atoms with van der Waals surface area (Å²) in [5.74, 6) is -0.433. The number of hydrogen-bond acceptors (Lipinski definition) is 2. The molecule has 0 atom stereocenters. The Bertz CT molecular complexity index is 776. The number of hydrogen-bond donors (Lipinski definition) is 0. The van der Waals surface area contributed by atoms with Crippen molar-refractivity contribution in [1.29, 1.82) is 0 Å². The topological polar surface area (TPSA) is 12.9 Å². The molecule has 1 nitrogen and oxygen atoms in total. The van der Waals surface area contributed by atoms with Crippen LogP contribution in [0.3, 0.4) is 0 Å². The molecule has 0 saturated heterocycles. The van der Waals surface area contributed by atoms with Gasteiger partial charge in [-0.15, -0.1) is 11.3 Å². The summed E-state index contributed by atoms with van der Waals surface area (Å²) in [5.41, 5.74) is 4.83. The average Bonchev–Trinajstić information content (AvgIpc) is 2.91. The highest BCUT2D eigenvalue weighted by Crippen LogP contribution is 2.30. The van der Waals surface area contributed by atoms with Gasteiger partial charge in [-0.1, -0.05) is 23.8 Å². The van der Waals surface area contributed by atoms with Crippen LogP contribution in [-0.4, -0.2) is 4.98 Å². The van der Waals surface area contributed by atoms with Gasteiger partial charge in [0.25, 0.3) is 0 Å². The predicted octanol–water partition coefficient (Wildman–Crippen LogP) is 5.16. The van der Waals surface area contributed by atoms with Crippen LogP contribution in [0.4, 0.5) is 4.39 Å². The smallest absolute Gasteiger partial charge is 0.213 e. The molecule has 0 aliphatic heterocycles. The zero-order valence-corrected chi connectivity index (χ0v) is 12.9. The summed E-state index contributed by atoms with van der Waals surface area (Å²) in [6, 6.07) is 14.0. The van der Waals surface area contributed by atoms with E-state index in [9.17, 15) is 4.39 Å². The molecule has 2 heterocycles. The van der Waals surface area contributed by atoms with Crippen molar-refractivity contribution in [2.75, 3.05) is 0 Å². The normalized spacial score (nSPS) is 10.8. The molecule has 21 heavy (non-hydrogen) atoms. The third-order valence-electron chi connectivity index (χ3n) is 3.54. The molecular weight excluding hydrogens is 281 g/mol. The van der Waals surface area contributed by atoms with Gasteiger partial charge < -0.3 is 0 Å². The molecule has 106 valence electrons. The maximum atomic E-state index is 13.2. The van der Waals surface area contributed by atoms with Gasteiger partial charge in [0.15, 0.2) is 0 Å². The van der Waals surface area contributed by atoms with Crippen LogP contribution in [0.5, 0.6) is 0 Å². The number of aromatic nitrogens is 1. The second-order valence-electron chi connectivity index (χ2n) is 5.24. The summed E-state index contributed by atoms with van der Waals surface area (Å²) in [4.78, 5) is 5.97. The van der Waals surface area contributed by atoms with E-state index in [2.05, 4.69) is 49.2 Å². The van der Waals surface area contributed by atoms with Crippen LogP contribution in [0.25, 0.3) is 10.4 Å². The summed E-state index contributed by atoms with van der Waals surface area (Å²) in [6.45, 7) is 4.25. The number of nitrogens with zero attached hydrogens (tertiary/aromatic N) is 1. The van der Waals surface area contributed by atoms with Gasteiger partial charge in [0.05, 0.1) is 0 Å². The molecule has 1 aromatic carbocycles. The van der Waals surface area contributed by atoms with Crippen molar-refractivity contribution in [2.24, 2.45) is 0 Å². The first-order chi connectivity index (χ1) is 10.1. The molecular formula is C18H16FNS. The molecule has 3 rings (SSSR count). The molecule has 3 heteroatoms. The standard InChI is InChI=1S/C18H16FNS/c1-12-3-4-13(2)15(9-12)10-16-5-6-17(21-16)14-7-8-20-18(19)11-14/h3-9,11H,10H2,1-2H3. The summed E-state index contributed by atoms with van der Waals surface area (Å²) < 4.78 is 13.2. The van der Waals surface area contributed by atoms with Gasteiger partial charge >= 0.3 is 0 Å². The first-order valence-corrected chi connectivity index (χ1v) is 7.70. The van der Waals surface area contributed by atoms with Gasteiger partial charge in [0.1, 0.15) is 0 Å².